The van der Waals surface area contributed by atoms with Gasteiger partial charge in [-0.2, -0.15) is 0 Å². The number of rotatable bonds is 35. The number of carbonyl (C=O) groups excluding carboxylic acids is 1. The highest BCUT2D eigenvalue weighted by Gasteiger charge is 2.17. The molecule has 4 heteroatoms. The Morgan fingerprint density at radius 1 is 0.510 bits per heavy atom. The van der Waals surface area contributed by atoms with Gasteiger partial charge < -0.3 is 15.5 Å². The van der Waals surface area contributed by atoms with E-state index in [-0.39, 0.29) is 12.5 Å². The van der Waals surface area contributed by atoms with Crippen molar-refractivity contribution in [3.8, 4) is 0 Å². The summed E-state index contributed by atoms with van der Waals surface area (Å²) in [5.41, 5.74) is 0. The van der Waals surface area contributed by atoms with Crippen LogP contribution in [0.4, 0.5) is 0 Å². The summed E-state index contributed by atoms with van der Waals surface area (Å²) in [6.07, 6.45) is 58.2. The van der Waals surface area contributed by atoms with Crippen LogP contribution in [-0.2, 0) is 4.79 Å². The molecule has 0 bridgehead atoms. The third-order valence-corrected chi connectivity index (χ3v) is 8.59. The van der Waals surface area contributed by atoms with Crippen LogP contribution in [0.2, 0.25) is 0 Å². The Hall–Kier alpha value is -2.43. The second kappa shape index (κ2) is 40.0. The highest BCUT2D eigenvalue weighted by Crippen LogP contribution is 2.12. The normalized spacial score (nSPS) is 14.0. The van der Waals surface area contributed by atoms with Crippen molar-refractivity contribution in [2.45, 2.75) is 187 Å². The van der Waals surface area contributed by atoms with Crippen molar-refractivity contribution in [3.05, 3.63) is 85.1 Å². The molecule has 0 spiro atoms. The lowest BCUT2D eigenvalue weighted by molar-refractivity contribution is -0.123. The van der Waals surface area contributed by atoms with E-state index in [0.717, 1.165) is 83.5 Å². The van der Waals surface area contributed by atoms with Crippen molar-refractivity contribution in [1.82, 2.24) is 5.32 Å². The van der Waals surface area contributed by atoms with Gasteiger partial charge >= 0.3 is 0 Å². The summed E-state index contributed by atoms with van der Waals surface area (Å²) in [6, 6.07) is -0.662. The fourth-order valence-electron chi connectivity index (χ4n) is 5.49. The van der Waals surface area contributed by atoms with E-state index in [0.29, 0.717) is 6.42 Å². The predicted octanol–water partition coefficient (Wildman–Crippen LogP) is 12.5. The molecule has 0 fully saturated rings. The van der Waals surface area contributed by atoms with E-state index in [1.807, 2.05) is 6.08 Å². The Kier molecular flexibility index (Phi) is 38.0. The zero-order chi connectivity index (χ0) is 35.7. The fourth-order valence-corrected chi connectivity index (χ4v) is 5.49. The lowest BCUT2D eigenvalue weighted by atomic mass is 10.1. The third-order valence-electron chi connectivity index (χ3n) is 8.59. The average Bonchev–Trinajstić information content (AvgIpc) is 3.10. The molecule has 0 aliphatic carbocycles. The van der Waals surface area contributed by atoms with Crippen molar-refractivity contribution in [1.29, 1.82) is 0 Å². The zero-order valence-electron chi connectivity index (χ0n) is 31.9. The van der Waals surface area contributed by atoms with Crippen LogP contribution < -0.4 is 5.32 Å². The molecule has 49 heavy (non-hydrogen) atoms. The van der Waals surface area contributed by atoms with Gasteiger partial charge in [0.2, 0.25) is 5.91 Å². The highest BCUT2D eigenvalue weighted by molar-refractivity contribution is 5.76. The summed E-state index contributed by atoms with van der Waals surface area (Å²) in [5, 5.41) is 22.9. The molecular weight excluding hydrogens is 602 g/mol. The number of amides is 1. The number of aliphatic hydroxyl groups excluding tert-OH is 2. The largest absolute Gasteiger partial charge is 0.394 e. The maximum absolute atomic E-state index is 12.3. The summed E-state index contributed by atoms with van der Waals surface area (Å²) in [6.45, 7) is 4.15. The standard InChI is InChI=1S/C45H77NO3/c1-3-5-7-9-11-13-15-17-19-21-22-23-25-26-28-30-32-34-36-38-40-44(48)43(42-47)46-45(49)41-39-37-35-33-31-29-27-24-20-18-16-14-12-10-8-6-4-2/h6,8,12,14,18,20,23,25,27,29-30,32,38,40,43-44,47-48H,3-5,7,9-11,13,15-17,19,21-22,24,26,28,31,33-37,39,41-42H2,1-2H3,(H,46,49)/b8-6-,14-12-,20-18-,25-23+,29-27-,32-30+,40-38+. The Morgan fingerprint density at radius 2 is 0.918 bits per heavy atom. The Balaban J connectivity index is 3.76. The summed E-state index contributed by atoms with van der Waals surface area (Å²) in [7, 11) is 0. The van der Waals surface area contributed by atoms with Gasteiger partial charge in [0.1, 0.15) is 0 Å². The van der Waals surface area contributed by atoms with E-state index in [1.54, 1.807) is 6.08 Å². The van der Waals surface area contributed by atoms with Gasteiger partial charge in [-0.15, -0.1) is 0 Å². The minimum atomic E-state index is -0.885. The van der Waals surface area contributed by atoms with Crippen LogP contribution in [0.1, 0.15) is 174 Å². The van der Waals surface area contributed by atoms with Gasteiger partial charge in [0.25, 0.3) is 0 Å². The number of allylic oxidation sites excluding steroid dienone is 13. The first-order valence-corrected chi connectivity index (χ1v) is 20.3. The van der Waals surface area contributed by atoms with E-state index < -0.39 is 12.1 Å². The van der Waals surface area contributed by atoms with Crippen LogP contribution in [0.15, 0.2) is 85.1 Å². The minimum absolute atomic E-state index is 0.106. The first kappa shape index (κ1) is 46.6. The lowest BCUT2D eigenvalue weighted by Gasteiger charge is -2.19. The van der Waals surface area contributed by atoms with Crippen LogP contribution in [0.3, 0.4) is 0 Å². The zero-order valence-corrected chi connectivity index (χ0v) is 31.9. The first-order valence-electron chi connectivity index (χ1n) is 20.3. The second-order valence-electron chi connectivity index (χ2n) is 13.3. The molecule has 3 N–H and O–H groups in total. The van der Waals surface area contributed by atoms with Gasteiger partial charge in [-0.1, -0.05) is 170 Å². The van der Waals surface area contributed by atoms with Crippen molar-refractivity contribution < 1.29 is 15.0 Å². The smallest absolute Gasteiger partial charge is 0.220 e. The third kappa shape index (κ3) is 36.7. The molecule has 2 unspecified atom stereocenters. The summed E-state index contributed by atoms with van der Waals surface area (Å²) in [5.74, 6) is -0.106. The van der Waals surface area contributed by atoms with Crippen LogP contribution in [0.25, 0.3) is 0 Å². The Labute approximate surface area is 303 Å². The molecule has 0 saturated carbocycles. The van der Waals surface area contributed by atoms with Crippen molar-refractivity contribution in [3.63, 3.8) is 0 Å². The van der Waals surface area contributed by atoms with E-state index in [2.05, 4.69) is 92.1 Å². The quantitative estimate of drug-likeness (QED) is 0.0461. The maximum atomic E-state index is 12.3. The van der Waals surface area contributed by atoms with E-state index >= 15 is 0 Å². The number of nitrogens with one attached hydrogen (secondary N) is 1. The minimum Gasteiger partial charge on any atom is -0.394 e. The molecule has 1 amide bonds. The van der Waals surface area contributed by atoms with E-state index in [4.69, 9.17) is 0 Å². The monoisotopic (exact) mass is 680 g/mol. The number of hydrogen-bond acceptors (Lipinski definition) is 3. The second-order valence-corrected chi connectivity index (χ2v) is 13.3. The average molecular weight is 680 g/mol. The number of aliphatic hydroxyl groups is 2. The first-order chi connectivity index (χ1) is 24.2. The molecule has 4 nitrogen and oxygen atoms in total. The lowest BCUT2D eigenvalue weighted by Crippen LogP contribution is -2.45. The topological polar surface area (TPSA) is 69.6 Å². The van der Waals surface area contributed by atoms with E-state index in [9.17, 15) is 15.0 Å². The van der Waals surface area contributed by atoms with Gasteiger partial charge in [0.15, 0.2) is 0 Å². The molecule has 2 atom stereocenters. The highest BCUT2D eigenvalue weighted by atomic mass is 16.3. The van der Waals surface area contributed by atoms with Crippen LogP contribution >= 0.6 is 0 Å². The molecule has 0 heterocycles. The molecule has 0 radical (unpaired) electrons. The van der Waals surface area contributed by atoms with Crippen LogP contribution in [0, 0.1) is 0 Å². The van der Waals surface area contributed by atoms with Gasteiger partial charge in [-0.25, -0.2) is 0 Å². The number of carbonyl (C=O) groups is 1. The Bertz CT molecular complexity index is 910. The number of unbranched alkanes of at least 4 members (excludes halogenated alkanes) is 16. The van der Waals surface area contributed by atoms with E-state index in [1.165, 1.54) is 70.6 Å². The Morgan fingerprint density at radius 3 is 1.43 bits per heavy atom. The molecule has 0 saturated heterocycles. The van der Waals surface area contributed by atoms with Crippen molar-refractivity contribution in [2.24, 2.45) is 0 Å². The van der Waals surface area contributed by atoms with Crippen LogP contribution in [0.5, 0.6) is 0 Å². The molecule has 0 aromatic heterocycles. The summed E-state index contributed by atoms with van der Waals surface area (Å²) in [4.78, 5) is 12.3. The van der Waals surface area contributed by atoms with Crippen LogP contribution in [-0.4, -0.2) is 34.9 Å². The molecule has 0 rings (SSSR count). The number of hydrogen-bond donors (Lipinski definition) is 3. The molecule has 0 aromatic rings. The van der Waals surface area contributed by atoms with Gasteiger partial charge in [0, 0.05) is 6.42 Å². The van der Waals surface area contributed by atoms with Gasteiger partial charge in [-0.3, -0.25) is 4.79 Å². The SMILES string of the molecule is CC/C=C\C/C=C\C/C=C\C/C=C\CCCCCCC(=O)NC(CO)C(O)/C=C/CC/C=C/CC/C=C/CCCCCCCCCCCC. The predicted molar refractivity (Wildman–Crippen MR) is 216 cm³/mol. The molecule has 0 aromatic carbocycles. The molecule has 0 aliphatic heterocycles. The summed E-state index contributed by atoms with van der Waals surface area (Å²) < 4.78 is 0. The summed E-state index contributed by atoms with van der Waals surface area (Å²) >= 11 is 0. The van der Waals surface area contributed by atoms with Gasteiger partial charge in [0.05, 0.1) is 18.8 Å². The molecule has 0 aliphatic rings. The fraction of sp³-hybridized carbons (Fsp3) is 0.667. The van der Waals surface area contributed by atoms with Crippen molar-refractivity contribution >= 4 is 5.91 Å². The van der Waals surface area contributed by atoms with Gasteiger partial charge in [-0.05, 0) is 83.5 Å². The molecule has 280 valence electrons. The molecular formula is C45H77NO3. The maximum Gasteiger partial charge on any atom is 0.220 e. The van der Waals surface area contributed by atoms with Crippen molar-refractivity contribution in [2.75, 3.05) is 6.61 Å².